The number of amides is 1. The van der Waals surface area contributed by atoms with Crippen molar-refractivity contribution in [2.24, 2.45) is 0 Å². The summed E-state index contributed by atoms with van der Waals surface area (Å²) in [5.41, 5.74) is 4.69. The van der Waals surface area contributed by atoms with Gasteiger partial charge < -0.3 is 25.0 Å². The molecular formula is C28H38N4O3. The van der Waals surface area contributed by atoms with Gasteiger partial charge in [0.1, 0.15) is 11.4 Å². The van der Waals surface area contributed by atoms with E-state index in [2.05, 4.69) is 65.2 Å². The molecule has 3 N–H and O–H groups in total. The van der Waals surface area contributed by atoms with Crippen LogP contribution in [0.4, 0.5) is 4.79 Å². The van der Waals surface area contributed by atoms with Gasteiger partial charge in [-0.1, -0.05) is 30.3 Å². The highest BCUT2D eigenvalue weighted by Gasteiger charge is 2.16. The van der Waals surface area contributed by atoms with Gasteiger partial charge in [-0.05, 0) is 77.3 Å². The Morgan fingerprint density at radius 3 is 2.40 bits per heavy atom. The van der Waals surface area contributed by atoms with Crippen LogP contribution in [-0.4, -0.2) is 38.9 Å². The number of benzene rings is 1. The van der Waals surface area contributed by atoms with E-state index in [-0.39, 0.29) is 6.04 Å². The van der Waals surface area contributed by atoms with E-state index in [1.165, 1.54) is 0 Å². The largest absolute Gasteiger partial charge is 0.444 e. The minimum Gasteiger partial charge on any atom is -0.444 e. The molecule has 1 amide bonds. The van der Waals surface area contributed by atoms with Crippen molar-refractivity contribution in [3.8, 4) is 5.82 Å². The lowest BCUT2D eigenvalue weighted by Gasteiger charge is -2.20. The minimum atomic E-state index is -0.643. The molecule has 0 aliphatic heterocycles. The lowest BCUT2D eigenvalue weighted by Crippen LogP contribution is -2.32. The fourth-order valence-electron chi connectivity index (χ4n) is 3.97. The van der Waals surface area contributed by atoms with E-state index in [1.54, 1.807) is 6.20 Å². The van der Waals surface area contributed by atoms with Crippen LogP contribution in [0.25, 0.3) is 5.82 Å². The number of nitrogens with zero attached hydrogens (tertiary/aromatic N) is 2. The number of alkyl carbamates (subject to hydrolysis) is 1. The van der Waals surface area contributed by atoms with Crippen LogP contribution in [0.3, 0.4) is 0 Å². The summed E-state index contributed by atoms with van der Waals surface area (Å²) in [7, 11) is 0. The molecule has 0 fully saturated rings. The van der Waals surface area contributed by atoms with Gasteiger partial charge in [-0.2, -0.15) is 0 Å². The van der Waals surface area contributed by atoms with E-state index < -0.39 is 17.8 Å². The van der Waals surface area contributed by atoms with Gasteiger partial charge >= 0.3 is 6.09 Å². The summed E-state index contributed by atoms with van der Waals surface area (Å²) in [6.45, 7) is 12.6. The maximum Gasteiger partial charge on any atom is 0.407 e. The third kappa shape index (κ3) is 7.94. The number of carbonyl (C=O) groups excluding carboxylic acids is 1. The van der Waals surface area contributed by atoms with Crippen molar-refractivity contribution in [1.29, 1.82) is 0 Å². The van der Waals surface area contributed by atoms with E-state index in [4.69, 9.17) is 4.74 Å². The normalized spacial score (nSPS) is 13.3. The number of rotatable bonds is 9. The third-order valence-electron chi connectivity index (χ3n) is 5.68. The molecule has 0 aliphatic rings. The summed E-state index contributed by atoms with van der Waals surface area (Å²) >= 11 is 0. The minimum absolute atomic E-state index is 0.163. The van der Waals surface area contributed by atoms with Gasteiger partial charge in [-0.3, -0.25) is 0 Å². The number of ether oxygens (including phenoxy) is 1. The Kier molecular flexibility index (Phi) is 8.70. The maximum absolute atomic E-state index is 11.9. The molecule has 0 spiro atoms. The fourth-order valence-corrected chi connectivity index (χ4v) is 3.97. The number of aliphatic hydroxyl groups is 1. The highest BCUT2D eigenvalue weighted by Crippen LogP contribution is 2.17. The predicted molar refractivity (Wildman–Crippen MR) is 139 cm³/mol. The molecular weight excluding hydrogens is 440 g/mol. The van der Waals surface area contributed by atoms with Crippen LogP contribution >= 0.6 is 0 Å². The van der Waals surface area contributed by atoms with Crippen LogP contribution in [0.5, 0.6) is 0 Å². The predicted octanol–water partition coefficient (Wildman–Crippen LogP) is 4.77. The number of aliphatic hydroxyl groups excluding tert-OH is 1. The first-order chi connectivity index (χ1) is 16.5. The van der Waals surface area contributed by atoms with Gasteiger partial charge in [0.25, 0.3) is 0 Å². The highest BCUT2D eigenvalue weighted by atomic mass is 16.6. The molecule has 35 heavy (non-hydrogen) atoms. The number of aryl methyl sites for hydroxylation is 2. The molecule has 7 heteroatoms. The summed E-state index contributed by atoms with van der Waals surface area (Å²) < 4.78 is 7.38. The molecule has 1 aromatic carbocycles. The van der Waals surface area contributed by atoms with Gasteiger partial charge in [-0.15, -0.1) is 0 Å². The second-order valence-electron chi connectivity index (χ2n) is 10.1. The van der Waals surface area contributed by atoms with Gasteiger partial charge in [0.05, 0.1) is 6.10 Å². The topological polar surface area (TPSA) is 88.4 Å². The summed E-state index contributed by atoms with van der Waals surface area (Å²) in [6, 6.07) is 16.3. The first-order valence-electron chi connectivity index (χ1n) is 12.1. The number of hydrogen-bond donors (Lipinski definition) is 3. The van der Waals surface area contributed by atoms with Crippen LogP contribution in [-0.2, 0) is 17.7 Å². The average Bonchev–Trinajstić information content (AvgIpc) is 3.13. The number of carbonyl (C=O) groups is 1. The molecule has 0 bridgehead atoms. The standard InChI is InChI=1S/C28H38N4O3/c1-19(14-22-8-7-9-23(15-22)16-31-27(34)35-28(4,5)6)29-18-25(33)24-12-13-26(30-17-24)32-20(2)10-11-21(32)3/h7-13,15,17,19,25,29,33H,14,16,18H2,1-6H3,(H,31,34)/t19-,25+/m1/s1. The lowest BCUT2D eigenvalue weighted by molar-refractivity contribution is 0.0523. The summed E-state index contributed by atoms with van der Waals surface area (Å²) in [5.74, 6) is 0.850. The molecule has 0 aliphatic carbocycles. The van der Waals surface area contributed by atoms with Crippen LogP contribution < -0.4 is 10.6 Å². The Morgan fingerprint density at radius 1 is 1.09 bits per heavy atom. The van der Waals surface area contributed by atoms with E-state index >= 15 is 0 Å². The Balaban J connectivity index is 1.49. The van der Waals surface area contributed by atoms with E-state index in [0.29, 0.717) is 13.1 Å². The van der Waals surface area contributed by atoms with E-state index in [0.717, 1.165) is 40.3 Å². The number of pyridine rings is 1. The van der Waals surface area contributed by atoms with Crippen molar-refractivity contribution in [2.45, 2.75) is 72.3 Å². The molecule has 7 nitrogen and oxygen atoms in total. The number of hydrogen-bond acceptors (Lipinski definition) is 5. The zero-order chi connectivity index (χ0) is 25.6. The zero-order valence-corrected chi connectivity index (χ0v) is 21.6. The summed E-state index contributed by atoms with van der Waals surface area (Å²) in [4.78, 5) is 16.5. The molecule has 0 radical (unpaired) electrons. The van der Waals surface area contributed by atoms with Crippen molar-refractivity contribution in [3.63, 3.8) is 0 Å². The monoisotopic (exact) mass is 478 g/mol. The van der Waals surface area contributed by atoms with Crippen LogP contribution in [0, 0.1) is 13.8 Å². The molecule has 2 heterocycles. The number of aromatic nitrogens is 2. The Hall–Kier alpha value is -3.16. The van der Waals surface area contributed by atoms with Crippen molar-refractivity contribution in [3.05, 3.63) is 82.8 Å². The molecule has 2 aromatic heterocycles. The first-order valence-corrected chi connectivity index (χ1v) is 12.1. The van der Waals surface area contributed by atoms with Crippen LogP contribution in [0.15, 0.2) is 54.7 Å². The average molecular weight is 479 g/mol. The molecule has 3 rings (SSSR count). The van der Waals surface area contributed by atoms with Gasteiger partial charge in [0.15, 0.2) is 0 Å². The zero-order valence-electron chi connectivity index (χ0n) is 21.6. The van der Waals surface area contributed by atoms with Crippen molar-refractivity contribution in [1.82, 2.24) is 20.2 Å². The van der Waals surface area contributed by atoms with Crippen LogP contribution in [0.1, 0.15) is 61.9 Å². The summed E-state index contributed by atoms with van der Waals surface area (Å²) in [6.07, 6.45) is 1.48. The maximum atomic E-state index is 11.9. The smallest absolute Gasteiger partial charge is 0.407 e. The Labute approximate surface area is 208 Å². The van der Waals surface area contributed by atoms with Gasteiger partial charge in [0.2, 0.25) is 0 Å². The van der Waals surface area contributed by atoms with E-state index in [9.17, 15) is 9.90 Å². The highest BCUT2D eigenvalue weighted by molar-refractivity contribution is 5.67. The third-order valence-corrected chi connectivity index (χ3v) is 5.68. The molecule has 0 saturated heterocycles. The molecule has 188 valence electrons. The molecule has 0 unspecified atom stereocenters. The molecule has 3 aromatic rings. The number of nitrogens with one attached hydrogen (secondary N) is 2. The second-order valence-corrected chi connectivity index (χ2v) is 10.1. The Bertz CT molecular complexity index is 1100. The summed E-state index contributed by atoms with van der Waals surface area (Å²) in [5, 5.41) is 16.9. The van der Waals surface area contributed by atoms with Crippen molar-refractivity contribution in [2.75, 3.05) is 6.54 Å². The van der Waals surface area contributed by atoms with Gasteiger partial charge in [-0.25, -0.2) is 9.78 Å². The Morgan fingerprint density at radius 2 is 1.77 bits per heavy atom. The van der Waals surface area contributed by atoms with E-state index in [1.807, 2.05) is 45.0 Å². The van der Waals surface area contributed by atoms with Crippen molar-refractivity contribution >= 4 is 6.09 Å². The fraction of sp³-hybridized carbons (Fsp3) is 0.429. The first kappa shape index (κ1) is 26.4. The van der Waals surface area contributed by atoms with Gasteiger partial charge in [0, 0.05) is 42.3 Å². The molecule has 2 atom stereocenters. The molecule has 0 saturated carbocycles. The lowest BCUT2D eigenvalue weighted by atomic mass is 10.0. The quantitative estimate of drug-likeness (QED) is 0.412. The van der Waals surface area contributed by atoms with Crippen LogP contribution in [0.2, 0.25) is 0 Å². The van der Waals surface area contributed by atoms with Crippen molar-refractivity contribution < 1.29 is 14.6 Å². The second kappa shape index (κ2) is 11.5. The SMILES string of the molecule is Cc1ccc(C)n1-c1ccc([C@@H](O)CN[C@H](C)Cc2cccc(CNC(=O)OC(C)(C)C)c2)cn1.